The Morgan fingerprint density at radius 1 is 1.25 bits per heavy atom. The molecule has 5 heteroatoms. The highest BCUT2D eigenvalue weighted by Crippen LogP contribution is 2.26. The van der Waals surface area contributed by atoms with Crippen molar-refractivity contribution >= 4 is 0 Å². The van der Waals surface area contributed by atoms with Gasteiger partial charge in [-0.2, -0.15) is 0 Å². The summed E-state index contributed by atoms with van der Waals surface area (Å²) in [5.74, 6) is -0.297. The highest BCUT2D eigenvalue weighted by atomic mass is 16.7. The minimum atomic E-state index is -1.05. The Hall–Kier alpha value is -0.200. The van der Waals surface area contributed by atoms with Gasteiger partial charge in [-0.25, -0.2) is 0 Å². The Morgan fingerprint density at radius 2 is 1.94 bits per heavy atom. The van der Waals surface area contributed by atoms with Crippen LogP contribution < -0.4 is 0 Å². The van der Waals surface area contributed by atoms with Gasteiger partial charge in [0.15, 0.2) is 6.29 Å². The van der Waals surface area contributed by atoms with Crippen molar-refractivity contribution in [2.75, 3.05) is 13.2 Å². The normalized spacial score (nSPS) is 39.9. The maximum absolute atomic E-state index is 9.75. The molecule has 16 heavy (non-hydrogen) atoms. The van der Waals surface area contributed by atoms with Gasteiger partial charge in [0.05, 0.1) is 12.7 Å². The van der Waals surface area contributed by atoms with Gasteiger partial charge in [-0.05, 0) is 6.42 Å². The highest BCUT2D eigenvalue weighted by Gasteiger charge is 2.42. The van der Waals surface area contributed by atoms with Gasteiger partial charge in [-0.3, -0.25) is 0 Å². The average Bonchev–Trinajstić information content (AvgIpc) is 2.29. The maximum atomic E-state index is 9.75. The van der Waals surface area contributed by atoms with E-state index in [1.54, 1.807) is 6.92 Å². The molecule has 0 amide bonds. The zero-order valence-electron chi connectivity index (χ0n) is 9.87. The number of hydrogen-bond donors (Lipinski definition) is 3. The van der Waals surface area contributed by atoms with Crippen molar-refractivity contribution in [3.8, 4) is 0 Å². The number of aliphatic hydroxyl groups is 3. The van der Waals surface area contributed by atoms with Crippen LogP contribution in [0.4, 0.5) is 0 Å². The van der Waals surface area contributed by atoms with E-state index in [4.69, 9.17) is 14.6 Å². The summed E-state index contributed by atoms with van der Waals surface area (Å²) < 4.78 is 10.9. The molecule has 0 aromatic carbocycles. The molecule has 5 nitrogen and oxygen atoms in total. The molecule has 0 aliphatic carbocycles. The number of ether oxygens (including phenoxy) is 2. The van der Waals surface area contributed by atoms with Crippen LogP contribution in [0, 0.1) is 5.92 Å². The number of unbranched alkanes of at least 4 members (excludes halogenated alkanes) is 1. The SMILES string of the molecule is CCCCO[C@@H]1OC(CO)[C@H](O)C(O)C1C. The van der Waals surface area contributed by atoms with E-state index in [1.807, 2.05) is 0 Å². The van der Waals surface area contributed by atoms with Gasteiger partial charge < -0.3 is 24.8 Å². The van der Waals surface area contributed by atoms with Crippen LogP contribution >= 0.6 is 0 Å². The molecule has 0 aromatic heterocycles. The van der Waals surface area contributed by atoms with E-state index in [9.17, 15) is 10.2 Å². The molecule has 3 N–H and O–H groups in total. The van der Waals surface area contributed by atoms with Crippen LogP contribution in [0.15, 0.2) is 0 Å². The highest BCUT2D eigenvalue weighted by molar-refractivity contribution is 4.86. The molecule has 0 radical (unpaired) electrons. The summed E-state index contributed by atoms with van der Waals surface area (Å²) >= 11 is 0. The average molecular weight is 234 g/mol. The molecule has 0 bridgehead atoms. The van der Waals surface area contributed by atoms with E-state index < -0.39 is 24.6 Å². The molecule has 5 atom stereocenters. The van der Waals surface area contributed by atoms with Crippen molar-refractivity contribution in [3.05, 3.63) is 0 Å². The van der Waals surface area contributed by atoms with Crippen LogP contribution in [0.1, 0.15) is 26.7 Å². The predicted molar refractivity (Wildman–Crippen MR) is 57.8 cm³/mol. The van der Waals surface area contributed by atoms with E-state index in [1.165, 1.54) is 0 Å². The Morgan fingerprint density at radius 3 is 2.50 bits per heavy atom. The fourth-order valence-corrected chi connectivity index (χ4v) is 1.75. The van der Waals surface area contributed by atoms with Crippen molar-refractivity contribution in [2.45, 2.75) is 51.3 Å². The van der Waals surface area contributed by atoms with Crippen molar-refractivity contribution in [1.29, 1.82) is 0 Å². The van der Waals surface area contributed by atoms with Gasteiger partial charge in [0.1, 0.15) is 12.2 Å². The molecule has 96 valence electrons. The van der Waals surface area contributed by atoms with Crippen LogP contribution in [0.5, 0.6) is 0 Å². The summed E-state index contributed by atoms with van der Waals surface area (Å²) in [4.78, 5) is 0. The van der Waals surface area contributed by atoms with Crippen molar-refractivity contribution in [1.82, 2.24) is 0 Å². The van der Waals surface area contributed by atoms with Gasteiger partial charge in [0.2, 0.25) is 0 Å². The molecule has 0 aromatic rings. The third-order valence-corrected chi connectivity index (χ3v) is 2.97. The Labute approximate surface area is 96.0 Å². The fourth-order valence-electron chi connectivity index (χ4n) is 1.75. The van der Waals surface area contributed by atoms with Crippen molar-refractivity contribution < 1.29 is 24.8 Å². The second kappa shape index (κ2) is 6.51. The molecule has 3 unspecified atom stereocenters. The summed E-state index contributed by atoms with van der Waals surface area (Å²) in [6.07, 6.45) is -1.34. The smallest absolute Gasteiger partial charge is 0.163 e. The summed E-state index contributed by atoms with van der Waals surface area (Å²) in [7, 11) is 0. The lowest BCUT2D eigenvalue weighted by Gasteiger charge is -2.40. The van der Waals surface area contributed by atoms with E-state index in [-0.39, 0.29) is 12.5 Å². The van der Waals surface area contributed by atoms with Gasteiger partial charge in [-0.15, -0.1) is 0 Å². The Balaban J connectivity index is 2.50. The first-order valence-corrected chi connectivity index (χ1v) is 5.85. The molecule has 1 aliphatic rings. The Bertz CT molecular complexity index is 197. The molecular formula is C11H22O5. The van der Waals surface area contributed by atoms with Crippen LogP contribution in [0.2, 0.25) is 0 Å². The third kappa shape index (κ3) is 3.15. The number of aliphatic hydroxyl groups excluding tert-OH is 3. The van der Waals surface area contributed by atoms with Crippen LogP contribution in [-0.2, 0) is 9.47 Å². The molecule has 1 saturated heterocycles. The van der Waals surface area contributed by atoms with Gasteiger partial charge in [-0.1, -0.05) is 20.3 Å². The lowest BCUT2D eigenvalue weighted by molar-refractivity contribution is -0.282. The maximum Gasteiger partial charge on any atom is 0.163 e. The first-order valence-electron chi connectivity index (χ1n) is 5.85. The largest absolute Gasteiger partial charge is 0.394 e. The second-order valence-electron chi connectivity index (χ2n) is 4.29. The lowest BCUT2D eigenvalue weighted by atomic mass is 9.92. The van der Waals surface area contributed by atoms with Crippen molar-refractivity contribution in [2.24, 2.45) is 5.92 Å². The zero-order valence-corrected chi connectivity index (χ0v) is 9.87. The quantitative estimate of drug-likeness (QED) is 0.578. The Kier molecular flexibility index (Phi) is 5.64. The number of hydrogen-bond acceptors (Lipinski definition) is 5. The minimum absolute atomic E-state index is 0.297. The molecule has 1 aliphatic heterocycles. The van der Waals surface area contributed by atoms with E-state index in [0.29, 0.717) is 6.61 Å². The van der Waals surface area contributed by atoms with E-state index in [0.717, 1.165) is 12.8 Å². The summed E-state index contributed by atoms with van der Waals surface area (Å²) in [6.45, 7) is 4.06. The van der Waals surface area contributed by atoms with Crippen LogP contribution in [0.3, 0.4) is 0 Å². The van der Waals surface area contributed by atoms with Crippen molar-refractivity contribution in [3.63, 3.8) is 0 Å². The minimum Gasteiger partial charge on any atom is -0.394 e. The lowest BCUT2D eigenvalue weighted by Crippen LogP contribution is -2.55. The monoisotopic (exact) mass is 234 g/mol. The second-order valence-corrected chi connectivity index (χ2v) is 4.29. The number of rotatable bonds is 5. The first kappa shape index (κ1) is 13.9. The van der Waals surface area contributed by atoms with Gasteiger partial charge in [0, 0.05) is 12.5 Å². The molecular weight excluding hydrogens is 212 g/mol. The van der Waals surface area contributed by atoms with Gasteiger partial charge >= 0.3 is 0 Å². The molecule has 1 fully saturated rings. The molecule has 0 saturated carbocycles. The topological polar surface area (TPSA) is 79.2 Å². The third-order valence-electron chi connectivity index (χ3n) is 2.97. The van der Waals surface area contributed by atoms with E-state index in [2.05, 4.69) is 6.92 Å². The van der Waals surface area contributed by atoms with Gasteiger partial charge in [0.25, 0.3) is 0 Å². The first-order chi connectivity index (χ1) is 7.61. The van der Waals surface area contributed by atoms with Crippen LogP contribution in [0.25, 0.3) is 0 Å². The standard InChI is InChI=1S/C11H22O5/c1-3-4-5-15-11-7(2)9(13)10(14)8(6-12)16-11/h7-14H,3-6H2,1-2H3/t7?,8?,9?,10-,11+/m0/s1. The predicted octanol–water partition coefficient (Wildman–Crippen LogP) is -0.122. The molecule has 1 heterocycles. The summed E-state index contributed by atoms with van der Waals surface area (Å²) in [5, 5.41) is 28.4. The molecule has 1 rings (SSSR count). The molecule has 0 spiro atoms. The zero-order chi connectivity index (χ0) is 12.1. The fraction of sp³-hybridized carbons (Fsp3) is 1.00. The summed E-state index contributed by atoms with van der Waals surface area (Å²) in [6, 6.07) is 0. The summed E-state index contributed by atoms with van der Waals surface area (Å²) in [5.41, 5.74) is 0. The van der Waals surface area contributed by atoms with Crippen LogP contribution in [-0.4, -0.2) is 53.1 Å². The van der Waals surface area contributed by atoms with E-state index >= 15 is 0 Å².